The van der Waals surface area contributed by atoms with E-state index in [2.05, 4.69) is 21.2 Å². The largest absolute Gasteiger partial charge is 0.478 e. The lowest BCUT2D eigenvalue weighted by molar-refractivity contribution is -0.130. The molecular weight excluding hydrogens is 458 g/mol. The van der Waals surface area contributed by atoms with Crippen LogP contribution >= 0.6 is 15.9 Å². The fraction of sp³-hybridized carbons (Fsp3) is 0.120. The highest BCUT2D eigenvalue weighted by atomic mass is 79.9. The summed E-state index contributed by atoms with van der Waals surface area (Å²) in [5.74, 6) is -0.686. The number of anilines is 1. The maximum absolute atomic E-state index is 12.2. The van der Waals surface area contributed by atoms with Crippen molar-refractivity contribution >= 4 is 44.8 Å². The maximum Gasteiger partial charge on any atom is 0.340 e. The number of carbonyl (C=O) groups is 2. The molecule has 0 saturated heterocycles. The van der Waals surface area contributed by atoms with E-state index in [9.17, 15) is 14.7 Å². The van der Waals surface area contributed by atoms with E-state index in [4.69, 9.17) is 4.74 Å². The minimum Gasteiger partial charge on any atom is -0.478 e. The summed E-state index contributed by atoms with van der Waals surface area (Å²) in [5, 5.41) is 12.8. The topological polar surface area (TPSA) is 75.6 Å². The van der Waals surface area contributed by atoms with Gasteiger partial charge in [0, 0.05) is 16.0 Å². The number of hydrogen-bond donors (Lipinski definition) is 2. The predicted molar refractivity (Wildman–Crippen MR) is 126 cm³/mol. The van der Waals surface area contributed by atoms with E-state index in [1.807, 2.05) is 38.1 Å². The Labute approximate surface area is 189 Å². The summed E-state index contributed by atoms with van der Waals surface area (Å²) in [5.41, 5.74) is 1.84. The third kappa shape index (κ3) is 5.61. The number of carboxylic acids is 1. The Morgan fingerprint density at radius 3 is 2.00 bits per heavy atom. The number of hydrogen-bond acceptors (Lipinski definition) is 3. The highest BCUT2D eigenvalue weighted by Crippen LogP contribution is 2.33. The van der Waals surface area contributed by atoms with Crippen LogP contribution in [-0.2, 0) is 9.59 Å². The van der Waals surface area contributed by atoms with E-state index < -0.39 is 5.97 Å². The lowest BCUT2D eigenvalue weighted by Gasteiger charge is -2.16. The lowest BCUT2D eigenvalue weighted by atomic mass is 10.0. The quantitative estimate of drug-likeness (QED) is 0.244. The van der Waals surface area contributed by atoms with Crippen molar-refractivity contribution in [2.45, 2.75) is 13.8 Å². The number of halogens is 1. The molecule has 5 nitrogen and oxygen atoms in total. The van der Waals surface area contributed by atoms with Gasteiger partial charge in [0.25, 0.3) is 0 Å². The van der Waals surface area contributed by atoms with Crippen LogP contribution in [0.3, 0.4) is 0 Å². The predicted octanol–water partition coefficient (Wildman–Crippen LogP) is 6.08. The normalized spacial score (nSPS) is 11.6. The van der Waals surface area contributed by atoms with Gasteiger partial charge < -0.3 is 15.2 Å². The van der Waals surface area contributed by atoms with Crippen LogP contribution in [0.25, 0.3) is 11.3 Å². The molecule has 0 aliphatic rings. The third-order valence-corrected chi connectivity index (χ3v) is 5.14. The maximum atomic E-state index is 12.2. The molecule has 0 fully saturated rings. The summed E-state index contributed by atoms with van der Waals surface area (Å²) < 4.78 is 6.75. The van der Waals surface area contributed by atoms with Crippen molar-refractivity contribution in [1.82, 2.24) is 0 Å². The molecule has 0 aromatic heterocycles. The van der Waals surface area contributed by atoms with Crippen LogP contribution in [0, 0.1) is 5.92 Å². The third-order valence-electron chi connectivity index (χ3n) is 4.48. The van der Waals surface area contributed by atoms with Crippen molar-refractivity contribution < 1.29 is 19.4 Å². The molecule has 2 N–H and O–H groups in total. The molecule has 3 rings (SSSR count). The Hall–Kier alpha value is -3.38. The molecule has 6 heteroatoms. The molecule has 0 bridgehead atoms. The van der Waals surface area contributed by atoms with E-state index in [1.165, 1.54) is 0 Å². The zero-order valence-electron chi connectivity index (χ0n) is 17.1. The number of benzene rings is 3. The molecule has 1 amide bonds. The highest BCUT2D eigenvalue weighted by Gasteiger charge is 2.21. The number of nitrogens with one attached hydrogen (secondary N) is 1. The first kappa shape index (κ1) is 22.3. The number of ether oxygens (including phenoxy) is 1. The van der Waals surface area contributed by atoms with Gasteiger partial charge in [0.05, 0.1) is 5.69 Å². The Kier molecular flexibility index (Phi) is 7.26. The molecule has 0 radical (unpaired) electrons. The minimum atomic E-state index is -1.09. The second-order valence-corrected chi connectivity index (χ2v) is 7.98. The van der Waals surface area contributed by atoms with E-state index >= 15 is 0 Å². The molecule has 0 aliphatic carbocycles. The number of amides is 1. The van der Waals surface area contributed by atoms with Crippen LogP contribution in [0.1, 0.15) is 25.0 Å². The van der Waals surface area contributed by atoms with Gasteiger partial charge in [0.1, 0.15) is 17.1 Å². The van der Waals surface area contributed by atoms with Gasteiger partial charge in [-0.25, -0.2) is 4.79 Å². The van der Waals surface area contributed by atoms with Gasteiger partial charge in [0.15, 0.2) is 0 Å². The Morgan fingerprint density at radius 1 is 0.903 bits per heavy atom. The van der Waals surface area contributed by atoms with Gasteiger partial charge in [-0.2, -0.15) is 0 Å². The Bertz CT molecular complexity index is 1110. The second-order valence-electron chi connectivity index (χ2n) is 7.13. The molecular formula is C25H22BrNO4. The van der Waals surface area contributed by atoms with Crippen LogP contribution in [0.15, 0.2) is 83.3 Å². The van der Waals surface area contributed by atoms with Crippen molar-refractivity contribution in [1.29, 1.82) is 0 Å². The molecule has 0 heterocycles. The summed E-state index contributed by atoms with van der Waals surface area (Å²) >= 11 is 3.45. The summed E-state index contributed by atoms with van der Waals surface area (Å²) in [6, 6.07) is 23.1. The number of rotatable bonds is 7. The molecule has 0 aliphatic heterocycles. The number of carboxylic acid groups (broad SMARTS) is 1. The fourth-order valence-corrected chi connectivity index (χ4v) is 3.31. The standard InChI is InChI=1S/C25H22BrNO4/c1-16(2)24(28)27-21-14-13-19(15-20(21)26)31-23(18-11-7-4-8-12-18)22(25(29)30)17-9-5-3-6-10-17/h3-16H,1-2H3,(H,27,28)(H,29,30). The summed E-state index contributed by atoms with van der Waals surface area (Å²) in [6.07, 6.45) is 0. The monoisotopic (exact) mass is 479 g/mol. The average molecular weight is 480 g/mol. The van der Waals surface area contributed by atoms with Crippen LogP contribution in [0.2, 0.25) is 0 Å². The summed E-state index contributed by atoms with van der Waals surface area (Å²) in [7, 11) is 0. The second kappa shape index (κ2) is 10.1. The number of carbonyl (C=O) groups excluding carboxylic acids is 1. The van der Waals surface area contributed by atoms with Crippen LogP contribution in [0.4, 0.5) is 5.69 Å². The smallest absolute Gasteiger partial charge is 0.340 e. The first-order valence-corrected chi connectivity index (χ1v) is 10.5. The zero-order valence-corrected chi connectivity index (χ0v) is 18.7. The van der Waals surface area contributed by atoms with E-state index in [0.29, 0.717) is 27.0 Å². The van der Waals surface area contributed by atoms with Gasteiger partial charge in [-0.15, -0.1) is 0 Å². The Balaban J connectivity index is 2.05. The van der Waals surface area contributed by atoms with Crippen molar-refractivity contribution in [2.75, 3.05) is 5.32 Å². The van der Waals surface area contributed by atoms with Gasteiger partial charge in [-0.1, -0.05) is 74.5 Å². The van der Waals surface area contributed by atoms with E-state index in [0.717, 1.165) is 0 Å². The Morgan fingerprint density at radius 2 is 1.48 bits per heavy atom. The van der Waals surface area contributed by atoms with E-state index in [1.54, 1.807) is 54.6 Å². The van der Waals surface area contributed by atoms with Crippen molar-refractivity contribution in [3.05, 3.63) is 94.5 Å². The summed E-state index contributed by atoms with van der Waals surface area (Å²) in [4.78, 5) is 24.2. The minimum absolute atomic E-state index is 0.0557. The van der Waals surface area contributed by atoms with Gasteiger partial charge in [-0.05, 0) is 39.7 Å². The molecule has 0 saturated carbocycles. The van der Waals surface area contributed by atoms with Gasteiger partial charge in [-0.3, -0.25) is 4.79 Å². The van der Waals surface area contributed by atoms with Crippen molar-refractivity contribution in [3.8, 4) is 5.75 Å². The van der Waals surface area contributed by atoms with Gasteiger partial charge in [0.2, 0.25) is 5.91 Å². The van der Waals surface area contributed by atoms with Crippen LogP contribution in [0.5, 0.6) is 5.75 Å². The molecule has 31 heavy (non-hydrogen) atoms. The highest BCUT2D eigenvalue weighted by molar-refractivity contribution is 9.10. The molecule has 3 aromatic carbocycles. The van der Waals surface area contributed by atoms with Crippen LogP contribution < -0.4 is 10.1 Å². The molecule has 0 atom stereocenters. The molecule has 0 unspecified atom stereocenters. The first-order chi connectivity index (χ1) is 14.9. The van der Waals surface area contributed by atoms with Gasteiger partial charge >= 0.3 is 5.97 Å². The molecule has 158 valence electrons. The van der Waals surface area contributed by atoms with Crippen molar-refractivity contribution in [2.24, 2.45) is 5.92 Å². The molecule has 0 spiro atoms. The summed E-state index contributed by atoms with van der Waals surface area (Å²) in [6.45, 7) is 3.63. The first-order valence-electron chi connectivity index (χ1n) is 9.73. The average Bonchev–Trinajstić information content (AvgIpc) is 2.76. The number of aliphatic carboxylic acids is 1. The zero-order chi connectivity index (χ0) is 22.4. The SMILES string of the molecule is CC(C)C(=O)Nc1ccc(OC(=C(C(=O)O)c2ccccc2)c2ccccc2)cc1Br. The fourth-order valence-electron chi connectivity index (χ4n) is 2.86. The van der Waals surface area contributed by atoms with Crippen molar-refractivity contribution in [3.63, 3.8) is 0 Å². The van der Waals surface area contributed by atoms with E-state index in [-0.39, 0.29) is 23.2 Å². The van der Waals surface area contributed by atoms with Crippen LogP contribution in [-0.4, -0.2) is 17.0 Å². The lowest BCUT2D eigenvalue weighted by Crippen LogP contribution is -2.17. The molecule has 3 aromatic rings.